The normalized spacial score (nSPS) is 11.8. The van der Waals surface area contributed by atoms with Crippen molar-refractivity contribution in [1.82, 2.24) is 4.98 Å². The highest BCUT2D eigenvalue weighted by Crippen LogP contribution is 2.36. The highest BCUT2D eigenvalue weighted by Gasteiger charge is 2.35. The molecule has 0 radical (unpaired) electrons. The summed E-state index contributed by atoms with van der Waals surface area (Å²) in [6.45, 7) is 0. The fourth-order valence-electron chi connectivity index (χ4n) is 2.60. The minimum atomic E-state index is -4.83. The van der Waals surface area contributed by atoms with Gasteiger partial charge in [0.25, 0.3) is 10.0 Å². The SMILES string of the molecule is CN(c1ccc(OC(=O)c2ccnc(F)c2)cc1)S(=O)(=O)c1ccc(Cl)c(C(F)(F)F)c1. The number of sulfonamides is 1. The van der Waals surface area contributed by atoms with Gasteiger partial charge in [0, 0.05) is 19.3 Å². The second-order valence-corrected chi connectivity index (χ2v) is 8.74. The van der Waals surface area contributed by atoms with Crippen molar-refractivity contribution in [3.8, 4) is 5.75 Å². The van der Waals surface area contributed by atoms with E-state index in [2.05, 4.69) is 4.98 Å². The number of halogens is 5. The molecule has 1 aromatic heterocycles. The Labute approximate surface area is 185 Å². The molecule has 0 N–H and O–H groups in total. The van der Waals surface area contributed by atoms with E-state index in [9.17, 15) is 30.8 Å². The lowest BCUT2D eigenvalue weighted by Gasteiger charge is -2.20. The lowest BCUT2D eigenvalue weighted by atomic mass is 10.2. The number of rotatable bonds is 5. The molecule has 0 saturated carbocycles. The van der Waals surface area contributed by atoms with Crippen molar-refractivity contribution in [2.75, 3.05) is 11.4 Å². The van der Waals surface area contributed by atoms with E-state index >= 15 is 0 Å². The Kier molecular flexibility index (Phi) is 6.42. The summed E-state index contributed by atoms with van der Waals surface area (Å²) < 4.78 is 83.8. The second-order valence-electron chi connectivity index (χ2n) is 6.36. The molecule has 0 unspecified atom stereocenters. The van der Waals surface area contributed by atoms with E-state index in [1.807, 2.05) is 0 Å². The van der Waals surface area contributed by atoms with Crippen molar-refractivity contribution < 1.29 is 35.5 Å². The topological polar surface area (TPSA) is 76.6 Å². The quantitative estimate of drug-likeness (QED) is 0.220. The average molecular weight is 489 g/mol. The highest BCUT2D eigenvalue weighted by molar-refractivity contribution is 7.92. The van der Waals surface area contributed by atoms with Crippen LogP contribution in [0.1, 0.15) is 15.9 Å². The number of carbonyl (C=O) groups excluding carboxylic acids is 1. The summed E-state index contributed by atoms with van der Waals surface area (Å²) >= 11 is 5.55. The zero-order valence-electron chi connectivity index (χ0n) is 16.1. The molecule has 0 aliphatic rings. The predicted octanol–water partition coefficient (Wildman–Crippen LogP) is 4.94. The Bertz CT molecular complexity index is 1270. The van der Waals surface area contributed by atoms with Gasteiger partial charge in [-0.2, -0.15) is 17.6 Å². The third-order valence-electron chi connectivity index (χ3n) is 4.27. The monoisotopic (exact) mass is 488 g/mol. The van der Waals surface area contributed by atoms with Crippen molar-refractivity contribution in [3.63, 3.8) is 0 Å². The molecule has 0 bridgehead atoms. The predicted molar refractivity (Wildman–Crippen MR) is 108 cm³/mol. The lowest BCUT2D eigenvalue weighted by Crippen LogP contribution is -2.27. The van der Waals surface area contributed by atoms with Crippen molar-refractivity contribution in [3.05, 3.63) is 82.9 Å². The first-order chi connectivity index (χ1) is 14.9. The summed E-state index contributed by atoms with van der Waals surface area (Å²) in [6, 6.07) is 9.54. The highest BCUT2D eigenvalue weighted by atomic mass is 35.5. The number of ether oxygens (including phenoxy) is 1. The van der Waals surface area contributed by atoms with Gasteiger partial charge in [-0.15, -0.1) is 0 Å². The van der Waals surface area contributed by atoms with Crippen molar-refractivity contribution in [2.45, 2.75) is 11.1 Å². The number of hydrogen-bond donors (Lipinski definition) is 0. The minimum Gasteiger partial charge on any atom is -0.423 e. The van der Waals surface area contributed by atoms with Gasteiger partial charge >= 0.3 is 12.1 Å². The zero-order chi connectivity index (χ0) is 23.7. The largest absolute Gasteiger partial charge is 0.423 e. The Balaban J connectivity index is 1.82. The zero-order valence-corrected chi connectivity index (χ0v) is 17.7. The van der Waals surface area contributed by atoms with E-state index < -0.39 is 43.6 Å². The van der Waals surface area contributed by atoms with E-state index in [0.29, 0.717) is 6.07 Å². The van der Waals surface area contributed by atoms with Crippen molar-refractivity contribution >= 4 is 33.3 Å². The van der Waals surface area contributed by atoms with E-state index in [4.69, 9.17) is 16.3 Å². The maximum Gasteiger partial charge on any atom is 0.417 e. The van der Waals surface area contributed by atoms with E-state index in [0.717, 1.165) is 35.7 Å². The number of nitrogens with zero attached hydrogens (tertiary/aromatic N) is 2. The summed E-state index contributed by atoms with van der Waals surface area (Å²) in [6.07, 6.45) is -3.74. The van der Waals surface area contributed by atoms with E-state index in [-0.39, 0.29) is 17.0 Å². The lowest BCUT2D eigenvalue weighted by molar-refractivity contribution is -0.137. The summed E-state index contributed by atoms with van der Waals surface area (Å²) in [4.78, 5) is 14.8. The molecule has 0 saturated heterocycles. The molecule has 6 nitrogen and oxygen atoms in total. The van der Waals surface area contributed by atoms with Gasteiger partial charge in [0.05, 0.1) is 26.7 Å². The van der Waals surface area contributed by atoms with Crippen LogP contribution in [-0.2, 0) is 16.2 Å². The molecule has 0 atom stereocenters. The van der Waals surface area contributed by atoms with Crippen LogP contribution in [0.2, 0.25) is 5.02 Å². The number of benzene rings is 2. The summed E-state index contributed by atoms with van der Waals surface area (Å²) in [7, 11) is -3.21. The van der Waals surface area contributed by atoms with Crippen LogP contribution >= 0.6 is 11.6 Å². The molecule has 3 aromatic rings. The number of hydrogen-bond acceptors (Lipinski definition) is 5. The Morgan fingerprint density at radius 3 is 2.31 bits per heavy atom. The molecule has 12 heteroatoms. The number of pyridine rings is 1. The van der Waals surface area contributed by atoms with Gasteiger partial charge in [-0.05, 0) is 48.5 Å². The van der Waals surface area contributed by atoms with Crippen LogP contribution < -0.4 is 9.04 Å². The molecule has 1 heterocycles. The van der Waals surface area contributed by atoms with Gasteiger partial charge in [-0.1, -0.05) is 11.6 Å². The molecule has 0 aliphatic carbocycles. The fraction of sp³-hybridized carbons (Fsp3) is 0.100. The van der Waals surface area contributed by atoms with Crippen LogP contribution in [-0.4, -0.2) is 26.4 Å². The summed E-state index contributed by atoms with van der Waals surface area (Å²) in [5.41, 5.74) is -1.27. The van der Waals surface area contributed by atoms with Gasteiger partial charge in [0.2, 0.25) is 5.95 Å². The molecule has 0 fully saturated rings. The van der Waals surface area contributed by atoms with Crippen LogP contribution in [0, 0.1) is 5.95 Å². The Morgan fingerprint density at radius 1 is 1.06 bits per heavy atom. The number of alkyl halides is 3. The number of aromatic nitrogens is 1. The van der Waals surface area contributed by atoms with E-state index in [1.165, 1.54) is 30.3 Å². The van der Waals surface area contributed by atoms with Gasteiger partial charge in [0.15, 0.2) is 0 Å². The third-order valence-corrected chi connectivity index (χ3v) is 6.39. The van der Waals surface area contributed by atoms with Crippen LogP contribution in [0.5, 0.6) is 5.75 Å². The maximum atomic E-state index is 13.1. The first kappa shape index (κ1) is 23.5. The molecule has 0 spiro atoms. The molecule has 3 rings (SSSR count). The molecular formula is C20H13ClF4N2O4S. The van der Waals surface area contributed by atoms with Crippen LogP contribution in [0.3, 0.4) is 0 Å². The molecule has 168 valence electrons. The van der Waals surface area contributed by atoms with E-state index in [1.54, 1.807) is 0 Å². The number of carbonyl (C=O) groups is 1. The smallest absolute Gasteiger partial charge is 0.417 e. The van der Waals surface area contributed by atoms with Crippen LogP contribution in [0.15, 0.2) is 65.7 Å². The molecule has 32 heavy (non-hydrogen) atoms. The van der Waals surface area contributed by atoms with Crippen molar-refractivity contribution in [1.29, 1.82) is 0 Å². The summed E-state index contributed by atoms with van der Waals surface area (Å²) in [5, 5.41) is -0.626. The summed E-state index contributed by atoms with van der Waals surface area (Å²) in [5.74, 6) is -1.69. The Morgan fingerprint density at radius 2 is 1.72 bits per heavy atom. The first-order valence-electron chi connectivity index (χ1n) is 8.69. The van der Waals surface area contributed by atoms with Gasteiger partial charge < -0.3 is 4.74 Å². The first-order valence-corrected chi connectivity index (χ1v) is 10.5. The minimum absolute atomic E-state index is 0.0348. The van der Waals surface area contributed by atoms with Crippen LogP contribution in [0.25, 0.3) is 0 Å². The third kappa shape index (κ3) is 5.00. The Hall–Kier alpha value is -3.18. The average Bonchev–Trinajstić information content (AvgIpc) is 2.73. The fourth-order valence-corrected chi connectivity index (χ4v) is 4.05. The van der Waals surface area contributed by atoms with Crippen LogP contribution in [0.4, 0.5) is 23.2 Å². The van der Waals surface area contributed by atoms with Gasteiger partial charge in [-0.3, -0.25) is 4.31 Å². The molecule has 0 aliphatic heterocycles. The maximum absolute atomic E-state index is 13.1. The van der Waals surface area contributed by atoms with Gasteiger partial charge in [-0.25, -0.2) is 18.2 Å². The number of esters is 1. The van der Waals surface area contributed by atoms with Crippen molar-refractivity contribution in [2.24, 2.45) is 0 Å². The second kappa shape index (κ2) is 8.75. The molecule has 0 amide bonds. The standard InChI is InChI=1S/C20H13ClF4N2O4S/c1-27(32(29,30)15-6-7-17(21)16(11-15)20(23,24)25)13-2-4-14(5-3-13)31-19(28)12-8-9-26-18(22)10-12/h2-11H,1H3. The molecule has 2 aromatic carbocycles. The van der Waals surface area contributed by atoms with Gasteiger partial charge in [0.1, 0.15) is 5.75 Å². The number of anilines is 1. The molecular weight excluding hydrogens is 476 g/mol.